The summed E-state index contributed by atoms with van der Waals surface area (Å²) in [5, 5.41) is 0.967. The van der Waals surface area contributed by atoms with Crippen LogP contribution in [0.5, 0.6) is 5.75 Å². The number of hydrogen-bond donors (Lipinski definition) is 0. The van der Waals surface area contributed by atoms with Crippen molar-refractivity contribution in [3.05, 3.63) is 28.1 Å². The number of rotatable bonds is 6. The zero-order valence-corrected chi connectivity index (χ0v) is 20.5. The molecule has 0 bridgehead atoms. The van der Waals surface area contributed by atoms with Crippen LogP contribution >= 0.6 is 34.4 Å². The van der Waals surface area contributed by atoms with Crippen LogP contribution in [0.25, 0.3) is 11.2 Å². The summed E-state index contributed by atoms with van der Waals surface area (Å²) in [5.74, 6) is 0.858. The third-order valence-corrected chi connectivity index (χ3v) is 7.95. The van der Waals surface area contributed by atoms with Gasteiger partial charge in [0.25, 0.3) is 0 Å². The van der Waals surface area contributed by atoms with Crippen molar-refractivity contribution >= 4 is 66.9 Å². The van der Waals surface area contributed by atoms with Gasteiger partial charge in [0, 0.05) is 0 Å². The van der Waals surface area contributed by atoms with Crippen molar-refractivity contribution in [1.29, 1.82) is 0 Å². The van der Waals surface area contributed by atoms with Gasteiger partial charge in [-0.05, 0) is 0 Å². The summed E-state index contributed by atoms with van der Waals surface area (Å²) in [7, 11) is 1.70. The minimum absolute atomic E-state index is 0.858. The van der Waals surface area contributed by atoms with Gasteiger partial charge >= 0.3 is 186 Å². The molecule has 4 rings (SSSR count). The van der Waals surface area contributed by atoms with Gasteiger partial charge in [0.2, 0.25) is 0 Å². The van der Waals surface area contributed by atoms with Gasteiger partial charge in [-0.25, -0.2) is 0 Å². The second-order valence-corrected chi connectivity index (χ2v) is 9.74. The molecular weight excluding hydrogens is 536 g/mol. The Labute approximate surface area is 185 Å². The van der Waals surface area contributed by atoms with E-state index in [1.54, 1.807) is 25.2 Å². The minimum atomic E-state index is 0.858. The van der Waals surface area contributed by atoms with Crippen LogP contribution in [-0.2, 0) is 6.54 Å². The van der Waals surface area contributed by atoms with Gasteiger partial charge in [0.1, 0.15) is 0 Å². The van der Waals surface area contributed by atoms with Crippen LogP contribution in [-0.4, -0.2) is 68.0 Å². The first-order chi connectivity index (χ1) is 13.2. The molecule has 1 aliphatic heterocycles. The average molecular weight is 557 g/mol. The Kier molecular flexibility index (Phi) is 6.26. The second kappa shape index (κ2) is 8.67. The van der Waals surface area contributed by atoms with Crippen LogP contribution < -0.4 is 9.22 Å². The topological polar surface area (TPSA) is 56.1 Å². The van der Waals surface area contributed by atoms with Crippen LogP contribution in [0.2, 0.25) is 0 Å². The van der Waals surface area contributed by atoms with Gasteiger partial charge in [-0.1, -0.05) is 0 Å². The molecule has 1 unspecified atom stereocenters. The van der Waals surface area contributed by atoms with Crippen molar-refractivity contribution in [3.8, 4) is 5.75 Å². The average Bonchev–Trinajstić information content (AvgIpc) is 3.30. The fourth-order valence-corrected chi connectivity index (χ4v) is 5.42. The van der Waals surface area contributed by atoms with Crippen molar-refractivity contribution in [2.24, 2.45) is 0 Å². The summed E-state index contributed by atoms with van der Waals surface area (Å²) >= 11 is 5.52. The Hall–Kier alpha value is -0.832. The fourth-order valence-electron chi connectivity index (χ4n) is 3.25. The van der Waals surface area contributed by atoms with Gasteiger partial charge in [-0.15, -0.1) is 0 Å². The maximum atomic E-state index is 5.40. The third kappa shape index (κ3) is 4.28. The first-order valence-electron chi connectivity index (χ1n) is 8.86. The number of fused-ring (bicyclic) bond motifs is 1. The van der Waals surface area contributed by atoms with E-state index in [1.807, 2.05) is 6.07 Å². The fraction of sp³-hybridized carbons (Fsp3) is 0.389. The summed E-state index contributed by atoms with van der Waals surface area (Å²) in [6.45, 7) is 4.31. The predicted octanol–water partition coefficient (Wildman–Crippen LogP) is 1.94. The molecule has 1 fully saturated rings. The Bertz CT molecular complexity index is 960. The Balaban J connectivity index is 1.70. The first kappa shape index (κ1) is 19.5. The third-order valence-electron chi connectivity index (χ3n) is 4.70. The molecule has 9 heteroatoms. The Morgan fingerprint density at radius 3 is 2.81 bits per heavy atom. The molecule has 0 spiro atoms. The Morgan fingerprint density at radius 2 is 2.04 bits per heavy atom. The maximum absolute atomic E-state index is 5.40. The molecule has 27 heavy (non-hydrogen) atoms. The molecule has 2 aromatic heterocycles. The van der Waals surface area contributed by atoms with Crippen LogP contribution in [0.15, 0.2) is 34.6 Å². The van der Waals surface area contributed by atoms with Crippen LogP contribution in [0, 0.1) is 3.57 Å². The predicted molar refractivity (Wildman–Crippen MR) is 119 cm³/mol. The van der Waals surface area contributed by atoms with Gasteiger partial charge in [-0.2, -0.15) is 0 Å². The number of aromatic nitrogens is 4. The molecule has 0 aliphatic carbocycles. The molecule has 1 saturated heterocycles. The monoisotopic (exact) mass is 557 g/mol. The molecule has 1 aromatic carbocycles. The van der Waals surface area contributed by atoms with E-state index in [1.165, 1.54) is 46.4 Å². The molecule has 1 atom stereocenters. The quantitative estimate of drug-likeness (QED) is 0.342. The number of hydrogen-bond acceptors (Lipinski definition) is 6. The summed E-state index contributed by atoms with van der Waals surface area (Å²) < 4.78 is 9.81. The summed E-state index contributed by atoms with van der Waals surface area (Å²) in [6, 6.07) is 6.13. The SMILES string of the molecule is COc1ccc(I)c(Sc2nc3c([AsH2])ncnc3n2CCN2CCCC2)c1. The normalized spacial score (nSPS) is 14.9. The first-order valence-corrected chi connectivity index (χ1v) is 12.0. The van der Waals surface area contributed by atoms with Crippen LogP contribution in [0.3, 0.4) is 0 Å². The molecule has 0 saturated carbocycles. The number of benzene rings is 1. The van der Waals surface area contributed by atoms with E-state index in [9.17, 15) is 0 Å². The van der Waals surface area contributed by atoms with Crippen molar-refractivity contribution < 1.29 is 4.74 Å². The zero-order chi connectivity index (χ0) is 18.8. The van der Waals surface area contributed by atoms with Crippen LogP contribution in [0.1, 0.15) is 12.8 Å². The number of ether oxygens (including phenoxy) is 1. The standard InChI is InChI=1S/C18H21AsIN5OS/c1-26-12-4-5-13(20)14(10-12)27-18-23-15-16(19)21-11-22-17(15)25(18)9-8-24-6-2-3-7-24/h4-5,10-11H,2-3,6-9,19H2,1H3. The molecule has 0 radical (unpaired) electrons. The van der Waals surface area contributed by atoms with Crippen molar-refractivity contribution in [1.82, 2.24) is 24.4 Å². The summed E-state index contributed by atoms with van der Waals surface area (Å²) in [5.41, 5.74) is 1.85. The van der Waals surface area contributed by atoms with Gasteiger partial charge < -0.3 is 0 Å². The van der Waals surface area contributed by atoms with Crippen molar-refractivity contribution in [2.75, 3.05) is 26.7 Å². The molecular formula is C18H21AsIN5OS. The molecule has 6 nitrogen and oxygen atoms in total. The molecule has 142 valence electrons. The van der Waals surface area contributed by atoms with E-state index in [4.69, 9.17) is 9.72 Å². The van der Waals surface area contributed by atoms with Gasteiger partial charge in [-0.3, -0.25) is 0 Å². The van der Waals surface area contributed by atoms with E-state index in [-0.39, 0.29) is 0 Å². The van der Waals surface area contributed by atoms with E-state index in [0.717, 1.165) is 44.5 Å². The van der Waals surface area contributed by atoms with E-state index in [0.29, 0.717) is 0 Å². The number of imidazole rings is 1. The summed E-state index contributed by atoms with van der Waals surface area (Å²) in [4.78, 5) is 17.5. The molecule has 3 heterocycles. The van der Waals surface area contributed by atoms with Crippen molar-refractivity contribution in [3.63, 3.8) is 0 Å². The van der Waals surface area contributed by atoms with Gasteiger partial charge in [0.15, 0.2) is 0 Å². The Morgan fingerprint density at radius 1 is 1.22 bits per heavy atom. The molecule has 1 aliphatic rings. The van der Waals surface area contributed by atoms with Crippen LogP contribution in [0.4, 0.5) is 0 Å². The van der Waals surface area contributed by atoms with Gasteiger partial charge in [0.05, 0.1) is 0 Å². The summed E-state index contributed by atoms with van der Waals surface area (Å²) in [6.07, 6.45) is 4.26. The molecule has 3 aromatic rings. The van der Waals surface area contributed by atoms with Crippen molar-refractivity contribution in [2.45, 2.75) is 29.4 Å². The van der Waals surface area contributed by atoms with E-state index >= 15 is 0 Å². The van der Waals surface area contributed by atoms with E-state index < -0.39 is 0 Å². The number of likely N-dealkylation sites (tertiary alicyclic amines) is 1. The second-order valence-electron chi connectivity index (χ2n) is 6.42. The molecule has 0 amide bonds. The van der Waals surface area contributed by atoms with E-state index in [2.05, 4.69) is 54.2 Å². The number of halogens is 1. The number of nitrogens with zero attached hydrogens (tertiary/aromatic N) is 5. The number of methoxy groups -OCH3 is 1. The zero-order valence-electron chi connectivity index (χ0n) is 15.1. The molecule has 0 N–H and O–H groups in total.